The summed E-state index contributed by atoms with van der Waals surface area (Å²) < 4.78 is 33.7. The van der Waals surface area contributed by atoms with Gasteiger partial charge < -0.3 is 9.47 Å². The fourth-order valence-electron chi connectivity index (χ4n) is 2.64. The van der Waals surface area contributed by atoms with Crippen molar-refractivity contribution in [3.63, 3.8) is 0 Å². The molecule has 9 heteroatoms. The maximum atomic E-state index is 12.3. The normalized spacial score (nSPS) is 16.2. The van der Waals surface area contributed by atoms with Gasteiger partial charge in [-0.25, -0.2) is 4.99 Å². The SMILES string of the molecule is COc1ccc(C2CC(=O)NC(NC(=O)c3ccc(OC(F)F)cc3)=N2)cc1. The van der Waals surface area contributed by atoms with Gasteiger partial charge in [0.2, 0.25) is 11.9 Å². The fraction of sp³-hybridized carbons (Fsp3) is 0.211. The van der Waals surface area contributed by atoms with Crippen molar-refractivity contribution in [2.75, 3.05) is 7.11 Å². The molecular formula is C19H17F2N3O4. The van der Waals surface area contributed by atoms with Gasteiger partial charge in [0.05, 0.1) is 19.6 Å². The van der Waals surface area contributed by atoms with E-state index in [0.29, 0.717) is 5.75 Å². The Labute approximate surface area is 159 Å². The van der Waals surface area contributed by atoms with Gasteiger partial charge in [0.15, 0.2) is 0 Å². The molecule has 1 atom stereocenters. The highest BCUT2D eigenvalue weighted by Crippen LogP contribution is 2.25. The van der Waals surface area contributed by atoms with Crippen molar-refractivity contribution >= 4 is 17.8 Å². The highest BCUT2D eigenvalue weighted by Gasteiger charge is 2.24. The van der Waals surface area contributed by atoms with Crippen LogP contribution < -0.4 is 20.1 Å². The number of carbonyl (C=O) groups excluding carboxylic acids is 2. The van der Waals surface area contributed by atoms with Crippen LogP contribution in [0.5, 0.6) is 11.5 Å². The molecule has 0 saturated heterocycles. The Hall–Kier alpha value is -3.49. The minimum Gasteiger partial charge on any atom is -0.497 e. The van der Waals surface area contributed by atoms with Crippen LogP contribution in [-0.2, 0) is 4.79 Å². The number of alkyl halides is 2. The molecule has 0 radical (unpaired) electrons. The number of guanidine groups is 1. The van der Waals surface area contributed by atoms with Crippen molar-refractivity contribution in [1.29, 1.82) is 0 Å². The molecule has 7 nitrogen and oxygen atoms in total. The van der Waals surface area contributed by atoms with E-state index >= 15 is 0 Å². The molecule has 1 unspecified atom stereocenters. The lowest BCUT2D eigenvalue weighted by atomic mass is 10.0. The van der Waals surface area contributed by atoms with Crippen molar-refractivity contribution in [3.05, 3.63) is 59.7 Å². The third-order valence-electron chi connectivity index (χ3n) is 4.00. The number of hydrogen-bond donors (Lipinski definition) is 2. The monoisotopic (exact) mass is 389 g/mol. The van der Waals surface area contributed by atoms with Crippen LogP contribution in [0.1, 0.15) is 28.4 Å². The Balaban J connectivity index is 1.71. The second-order valence-corrected chi connectivity index (χ2v) is 5.88. The molecule has 1 heterocycles. The predicted octanol–water partition coefficient (Wildman–Crippen LogP) is 2.64. The third kappa shape index (κ3) is 4.81. The molecule has 28 heavy (non-hydrogen) atoms. The van der Waals surface area contributed by atoms with E-state index in [1.165, 1.54) is 24.3 Å². The van der Waals surface area contributed by atoms with Crippen LogP contribution >= 0.6 is 0 Å². The number of rotatable bonds is 5. The van der Waals surface area contributed by atoms with Crippen molar-refractivity contribution in [2.45, 2.75) is 19.1 Å². The zero-order chi connectivity index (χ0) is 20.1. The number of aliphatic imine (C=N–C) groups is 1. The molecule has 0 fully saturated rings. The Morgan fingerprint density at radius 1 is 1.14 bits per heavy atom. The summed E-state index contributed by atoms with van der Waals surface area (Å²) in [5.41, 5.74) is 1.00. The lowest BCUT2D eigenvalue weighted by Crippen LogP contribution is -2.47. The Morgan fingerprint density at radius 2 is 1.79 bits per heavy atom. The van der Waals surface area contributed by atoms with Gasteiger partial charge in [0.25, 0.3) is 5.91 Å². The molecule has 2 N–H and O–H groups in total. The quantitative estimate of drug-likeness (QED) is 0.823. The van der Waals surface area contributed by atoms with E-state index < -0.39 is 18.6 Å². The number of ether oxygens (including phenoxy) is 2. The minimum absolute atomic E-state index is 0.0231. The Bertz CT molecular complexity index is 883. The van der Waals surface area contributed by atoms with Crippen LogP contribution in [0.15, 0.2) is 53.5 Å². The Morgan fingerprint density at radius 3 is 2.39 bits per heavy atom. The highest BCUT2D eigenvalue weighted by molar-refractivity contribution is 6.10. The maximum absolute atomic E-state index is 12.3. The van der Waals surface area contributed by atoms with Gasteiger partial charge in [0, 0.05) is 5.56 Å². The van der Waals surface area contributed by atoms with Crippen molar-refractivity contribution < 1.29 is 27.8 Å². The summed E-state index contributed by atoms with van der Waals surface area (Å²) in [7, 11) is 1.56. The number of amides is 2. The smallest absolute Gasteiger partial charge is 0.387 e. The van der Waals surface area contributed by atoms with Gasteiger partial charge in [-0.3, -0.25) is 20.2 Å². The average Bonchev–Trinajstić information content (AvgIpc) is 2.67. The molecule has 0 spiro atoms. The summed E-state index contributed by atoms with van der Waals surface area (Å²) in [6.07, 6.45) is 0.144. The summed E-state index contributed by atoms with van der Waals surface area (Å²) in [5.74, 6) is -0.185. The van der Waals surface area contributed by atoms with Gasteiger partial charge in [0.1, 0.15) is 11.5 Å². The van der Waals surface area contributed by atoms with E-state index in [1.54, 1.807) is 31.4 Å². The van der Waals surface area contributed by atoms with Crippen molar-refractivity contribution in [3.8, 4) is 11.5 Å². The number of methoxy groups -OCH3 is 1. The molecule has 0 aromatic heterocycles. The van der Waals surface area contributed by atoms with E-state index in [0.717, 1.165) is 5.56 Å². The summed E-state index contributed by atoms with van der Waals surface area (Å²) in [5, 5.41) is 5.02. The molecular weight excluding hydrogens is 372 g/mol. The van der Waals surface area contributed by atoms with Gasteiger partial charge in [-0.1, -0.05) is 12.1 Å². The lowest BCUT2D eigenvalue weighted by molar-refractivity contribution is -0.120. The Kier molecular flexibility index (Phi) is 5.83. The molecule has 0 saturated carbocycles. The first-order valence-corrected chi connectivity index (χ1v) is 8.32. The number of halogens is 2. The molecule has 146 valence electrons. The standard InChI is InChI=1S/C19H17F2N3O4/c1-27-13-6-2-11(3-7-13)15-10-16(25)23-19(22-15)24-17(26)12-4-8-14(9-5-12)28-18(20)21/h2-9,15,18H,10H2,1H3,(H2,22,23,24,25,26). The van der Waals surface area contributed by atoms with Crippen LogP contribution in [0.4, 0.5) is 8.78 Å². The topological polar surface area (TPSA) is 89.0 Å². The largest absolute Gasteiger partial charge is 0.497 e. The first-order chi connectivity index (χ1) is 13.4. The van der Waals surface area contributed by atoms with Gasteiger partial charge in [-0.05, 0) is 42.0 Å². The first-order valence-electron chi connectivity index (χ1n) is 8.32. The molecule has 2 aromatic carbocycles. The second-order valence-electron chi connectivity index (χ2n) is 5.88. The van der Waals surface area contributed by atoms with Gasteiger partial charge in [-0.2, -0.15) is 8.78 Å². The fourth-order valence-corrected chi connectivity index (χ4v) is 2.64. The molecule has 2 amide bonds. The van der Waals surface area contributed by atoms with E-state index in [2.05, 4.69) is 20.4 Å². The van der Waals surface area contributed by atoms with Crippen LogP contribution in [0.25, 0.3) is 0 Å². The summed E-state index contributed by atoms with van der Waals surface area (Å²) in [6.45, 7) is -2.94. The predicted molar refractivity (Wildman–Crippen MR) is 96.5 cm³/mol. The summed E-state index contributed by atoms with van der Waals surface area (Å²) >= 11 is 0. The van der Waals surface area contributed by atoms with E-state index in [9.17, 15) is 18.4 Å². The molecule has 2 aromatic rings. The highest BCUT2D eigenvalue weighted by atomic mass is 19.3. The molecule has 3 rings (SSSR count). The molecule has 1 aliphatic rings. The van der Waals surface area contributed by atoms with Crippen LogP contribution in [0.2, 0.25) is 0 Å². The number of nitrogens with zero attached hydrogens (tertiary/aromatic N) is 1. The van der Waals surface area contributed by atoms with Gasteiger partial charge in [-0.15, -0.1) is 0 Å². The molecule has 0 bridgehead atoms. The first kappa shape index (κ1) is 19.3. The minimum atomic E-state index is -2.94. The van der Waals surface area contributed by atoms with Crippen LogP contribution in [0, 0.1) is 0 Å². The van der Waals surface area contributed by atoms with E-state index in [1.807, 2.05) is 0 Å². The number of carbonyl (C=O) groups is 2. The maximum Gasteiger partial charge on any atom is 0.387 e. The lowest BCUT2D eigenvalue weighted by Gasteiger charge is -2.21. The van der Waals surface area contributed by atoms with Crippen molar-refractivity contribution in [2.24, 2.45) is 4.99 Å². The number of benzene rings is 2. The molecule has 0 aliphatic carbocycles. The van der Waals surface area contributed by atoms with Crippen LogP contribution in [0.3, 0.4) is 0 Å². The molecule has 1 aliphatic heterocycles. The zero-order valence-electron chi connectivity index (χ0n) is 14.8. The van der Waals surface area contributed by atoms with Crippen molar-refractivity contribution in [1.82, 2.24) is 10.6 Å². The van der Waals surface area contributed by atoms with E-state index in [-0.39, 0.29) is 29.6 Å². The number of hydrogen-bond acceptors (Lipinski definition) is 5. The van der Waals surface area contributed by atoms with Crippen LogP contribution in [-0.4, -0.2) is 31.5 Å². The van der Waals surface area contributed by atoms with Gasteiger partial charge >= 0.3 is 6.61 Å². The number of nitrogens with one attached hydrogen (secondary N) is 2. The van der Waals surface area contributed by atoms with E-state index in [4.69, 9.17) is 4.74 Å². The zero-order valence-corrected chi connectivity index (χ0v) is 14.8. The second kappa shape index (κ2) is 8.47. The average molecular weight is 389 g/mol. The summed E-state index contributed by atoms with van der Waals surface area (Å²) in [4.78, 5) is 28.7. The summed E-state index contributed by atoms with van der Waals surface area (Å²) in [6, 6.07) is 11.8. The third-order valence-corrected chi connectivity index (χ3v) is 4.00.